The van der Waals surface area contributed by atoms with Gasteiger partial charge >= 0.3 is 12.1 Å². The zero-order chi connectivity index (χ0) is 18.6. The highest BCUT2D eigenvalue weighted by Crippen LogP contribution is 2.35. The Morgan fingerprint density at radius 2 is 2.04 bits per heavy atom. The van der Waals surface area contributed by atoms with Crippen molar-refractivity contribution < 1.29 is 24.2 Å². The summed E-state index contributed by atoms with van der Waals surface area (Å²) in [6, 6.07) is 6.51. The molecule has 1 N–H and O–H groups in total. The van der Waals surface area contributed by atoms with Gasteiger partial charge in [0.15, 0.2) is 0 Å². The second-order valence-electron chi connectivity index (χ2n) is 7.21. The molecule has 1 amide bonds. The number of likely N-dealkylation sites (tertiary alicyclic amines) is 1. The van der Waals surface area contributed by atoms with Crippen LogP contribution in [0.1, 0.15) is 52.0 Å². The van der Waals surface area contributed by atoms with E-state index in [-0.39, 0.29) is 5.92 Å². The van der Waals surface area contributed by atoms with E-state index >= 15 is 0 Å². The quantitative estimate of drug-likeness (QED) is 0.898. The van der Waals surface area contributed by atoms with Crippen molar-refractivity contribution in [2.45, 2.75) is 58.1 Å². The molecule has 0 bridgehead atoms. The Balaban J connectivity index is 2.30. The third-order valence-electron chi connectivity index (χ3n) is 4.11. The molecule has 1 aromatic rings. The summed E-state index contributed by atoms with van der Waals surface area (Å²) in [4.78, 5) is 25.8. The van der Waals surface area contributed by atoms with Crippen LogP contribution in [-0.2, 0) is 9.53 Å². The fourth-order valence-corrected chi connectivity index (χ4v) is 3.18. The van der Waals surface area contributed by atoms with Gasteiger partial charge in [-0.3, -0.25) is 4.90 Å². The van der Waals surface area contributed by atoms with Crippen LogP contribution in [-0.4, -0.2) is 46.9 Å². The molecule has 6 heteroatoms. The molecule has 0 saturated carbocycles. The molecule has 1 aromatic carbocycles. The molecule has 1 fully saturated rings. The fourth-order valence-electron chi connectivity index (χ4n) is 3.18. The van der Waals surface area contributed by atoms with Crippen LogP contribution in [0.2, 0.25) is 0 Å². The number of rotatable bonds is 4. The number of piperidine rings is 1. The molecule has 1 saturated heterocycles. The van der Waals surface area contributed by atoms with E-state index in [1.54, 1.807) is 20.8 Å². The van der Waals surface area contributed by atoms with Crippen LogP contribution in [0.4, 0.5) is 4.79 Å². The van der Waals surface area contributed by atoms with Crippen molar-refractivity contribution in [2.75, 3.05) is 13.2 Å². The van der Waals surface area contributed by atoms with Gasteiger partial charge in [-0.05, 0) is 58.2 Å². The first-order valence-corrected chi connectivity index (χ1v) is 8.68. The predicted octanol–water partition coefficient (Wildman–Crippen LogP) is 3.65. The third-order valence-corrected chi connectivity index (χ3v) is 4.11. The molecule has 0 aromatic heterocycles. The summed E-state index contributed by atoms with van der Waals surface area (Å²) in [5.74, 6) is -0.602. The number of amides is 1. The van der Waals surface area contributed by atoms with Gasteiger partial charge in [0.2, 0.25) is 0 Å². The Morgan fingerprint density at radius 1 is 1.32 bits per heavy atom. The molecule has 1 heterocycles. The van der Waals surface area contributed by atoms with Gasteiger partial charge in [-0.2, -0.15) is 0 Å². The van der Waals surface area contributed by atoms with Gasteiger partial charge in [0, 0.05) is 12.5 Å². The lowest BCUT2D eigenvalue weighted by molar-refractivity contribution is -0.145. The monoisotopic (exact) mass is 349 g/mol. The molecule has 6 nitrogen and oxygen atoms in total. The molecule has 2 atom stereocenters. The van der Waals surface area contributed by atoms with E-state index in [1.165, 1.54) is 4.90 Å². The standard InChI is InChI=1S/C19H27NO5/c1-5-24-14-9-6-8-13(12-14)15-10-7-11-20(16(15)17(21)22)18(23)25-19(2,3)4/h6,8-9,12,15-16H,5,7,10-11H2,1-4H3,(H,21,22)/t15-,16-/m1/s1. The molecular weight excluding hydrogens is 322 g/mol. The number of benzene rings is 1. The Morgan fingerprint density at radius 3 is 2.64 bits per heavy atom. The number of aliphatic carboxylic acids is 1. The van der Waals surface area contributed by atoms with E-state index in [0.29, 0.717) is 25.3 Å². The van der Waals surface area contributed by atoms with Crippen LogP contribution in [0.5, 0.6) is 5.75 Å². The van der Waals surface area contributed by atoms with E-state index in [9.17, 15) is 14.7 Å². The van der Waals surface area contributed by atoms with Crippen LogP contribution >= 0.6 is 0 Å². The maximum absolute atomic E-state index is 12.5. The van der Waals surface area contributed by atoms with Crippen molar-refractivity contribution in [3.63, 3.8) is 0 Å². The topological polar surface area (TPSA) is 76.1 Å². The molecule has 0 unspecified atom stereocenters. The number of nitrogens with zero attached hydrogens (tertiary/aromatic N) is 1. The lowest BCUT2D eigenvalue weighted by atomic mass is 9.83. The first kappa shape index (κ1) is 19.1. The second-order valence-corrected chi connectivity index (χ2v) is 7.21. The summed E-state index contributed by atoms with van der Waals surface area (Å²) < 4.78 is 10.9. The minimum atomic E-state index is -1.02. The first-order valence-electron chi connectivity index (χ1n) is 8.68. The smallest absolute Gasteiger partial charge is 0.411 e. The minimum absolute atomic E-state index is 0.292. The van der Waals surface area contributed by atoms with E-state index in [4.69, 9.17) is 9.47 Å². The molecular formula is C19H27NO5. The Kier molecular flexibility index (Phi) is 5.93. The molecule has 0 radical (unpaired) electrons. The normalized spacial score (nSPS) is 20.9. The van der Waals surface area contributed by atoms with E-state index in [2.05, 4.69) is 0 Å². The van der Waals surface area contributed by atoms with Gasteiger partial charge in [-0.15, -0.1) is 0 Å². The largest absolute Gasteiger partial charge is 0.494 e. The fraction of sp³-hybridized carbons (Fsp3) is 0.579. The van der Waals surface area contributed by atoms with Crippen LogP contribution in [0.15, 0.2) is 24.3 Å². The minimum Gasteiger partial charge on any atom is -0.494 e. The number of carbonyl (C=O) groups is 2. The van der Waals surface area contributed by atoms with Crippen LogP contribution in [0, 0.1) is 0 Å². The summed E-state index contributed by atoms with van der Waals surface area (Å²) in [6.07, 6.45) is 0.851. The summed E-state index contributed by atoms with van der Waals surface area (Å²) in [7, 11) is 0. The van der Waals surface area contributed by atoms with Crippen molar-refractivity contribution in [3.8, 4) is 5.75 Å². The van der Waals surface area contributed by atoms with Crippen molar-refractivity contribution in [1.29, 1.82) is 0 Å². The van der Waals surface area contributed by atoms with Gasteiger partial charge < -0.3 is 14.6 Å². The highest BCUT2D eigenvalue weighted by Gasteiger charge is 2.41. The zero-order valence-corrected chi connectivity index (χ0v) is 15.3. The molecule has 25 heavy (non-hydrogen) atoms. The van der Waals surface area contributed by atoms with Gasteiger partial charge in [-0.25, -0.2) is 9.59 Å². The Labute approximate surface area is 148 Å². The maximum atomic E-state index is 12.5. The summed E-state index contributed by atoms with van der Waals surface area (Å²) >= 11 is 0. The summed E-state index contributed by atoms with van der Waals surface area (Å²) in [5, 5.41) is 9.78. The molecule has 2 rings (SSSR count). The van der Waals surface area contributed by atoms with Gasteiger partial charge in [0.05, 0.1) is 6.61 Å². The maximum Gasteiger partial charge on any atom is 0.411 e. The van der Waals surface area contributed by atoms with Crippen LogP contribution in [0.3, 0.4) is 0 Å². The molecule has 1 aliphatic rings. The highest BCUT2D eigenvalue weighted by atomic mass is 16.6. The summed E-state index contributed by atoms with van der Waals surface area (Å²) in [6.45, 7) is 8.14. The van der Waals surface area contributed by atoms with Gasteiger partial charge in [-0.1, -0.05) is 12.1 Å². The van der Waals surface area contributed by atoms with Crippen molar-refractivity contribution in [1.82, 2.24) is 4.90 Å². The Hall–Kier alpha value is -2.24. The average Bonchev–Trinajstić information content (AvgIpc) is 2.53. The van der Waals surface area contributed by atoms with E-state index < -0.39 is 23.7 Å². The molecule has 138 valence electrons. The second kappa shape index (κ2) is 7.76. The van der Waals surface area contributed by atoms with E-state index in [1.807, 2.05) is 31.2 Å². The number of hydrogen-bond donors (Lipinski definition) is 1. The van der Waals surface area contributed by atoms with Crippen LogP contribution in [0.25, 0.3) is 0 Å². The first-order chi connectivity index (χ1) is 11.7. The SMILES string of the molecule is CCOc1cccc([C@H]2CCCN(C(=O)OC(C)(C)C)[C@H]2C(=O)O)c1. The summed E-state index contributed by atoms with van der Waals surface area (Å²) in [5.41, 5.74) is 0.203. The molecule has 0 spiro atoms. The van der Waals surface area contributed by atoms with Crippen molar-refractivity contribution in [3.05, 3.63) is 29.8 Å². The predicted molar refractivity (Wildman–Crippen MR) is 93.9 cm³/mol. The molecule has 1 aliphatic heterocycles. The van der Waals surface area contributed by atoms with Crippen molar-refractivity contribution >= 4 is 12.1 Å². The molecule has 0 aliphatic carbocycles. The van der Waals surface area contributed by atoms with Crippen LogP contribution < -0.4 is 4.74 Å². The Bertz CT molecular complexity index is 622. The van der Waals surface area contributed by atoms with E-state index in [0.717, 1.165) is 12.0 Å². The number of carboxylic acids is 1. The number of carbonyl (C=O) groups excluding carboxylic acids is 1. The number of carboxylic acid groups (broad SMARTS) is 1. The third kappa shape index (κ3) is 4.87. The van der Waals surface area contributed by atoms with Gasteiger partial charge in [0.1, 0.15) is 17.4 Å². The number of hydrogen-bond acceptors (Lipinski definition) is 4. The van der Waals surface area contributed by atoms with Gasteiger partial charge in [0.25, 0.3) is 0 Å². The van der Waals surface area contributed by atoms with Crippen molar-refractivity contribution in [2.24, 2.45) is 0 Å². The lowest BCUT2D eigenvalue weighted by Crippen LogP contribution is -2.53. The number of ether oxygens (including phenoxy) is 2. The zero-order valence-electron chi connectivity index (χ0n) is 15.3. The highest BCUT2D eigenvalue weighted by molar-refractivity contribution is 5.81. The average molecular weight is 349 g/mol. The lowest BCUT2D eigenvalue weighted by Gasteiger charge is -2.39.